The Morgan fingerprint density at radius 3 is 2.41 bits per heavy atom. The summed E-state index contributed by atoms with van der Waals surface area (Å²) in [6.45, 7) is 4.41. The quantitative estimate of drug-likeness (QED) is 0.542. The van der Waals surface area contributed by atoms with Crippen molar-refractivity contribution in [3.63, 3.8) is 0 Å². The highest BCUT2D eigenvalue weighted by atomic mass is 32.2. The molecule has 2 aliphatic rings. The molecular formula is C22H25N3O2S2. The van der Waals surface area contributed by atoms with Crippen LogP contribution in [0.25, 0.3) is 17.0 Å². The maximum Gasteiger partial charge on any atom is 0.265 e. The number of rotatable bonds is 3. The molecule has 0 radical (unpaired) electrons. The number of aryl methyl sites for hydroxylation is 1. The van der Waals surface area contributed by atoms with Crippen LogP contribution in [0.1, 0.15) is 38.2 Å². The number of hydrogen-bond acceptors (Lipinski definition) is 5. The molecule has 0 atom stereocenters. The number of nitrogens with zero attached hydrogens (tertiary/aromatic N) is 3. The summed E-state index contributed by atoms with van der Waals surface area (Å²) >= 11 is 6.55. The summed E-state index contributed by atoms with van der Waals surface area (Å²) in [5.41, 5.74) is 2.45. The van der Waals surface area contributed by atoms with Gasteiger partial charge in [0.05, 0.1) is 21.7 Å². The molecule has 1 amide bonds. The van der Waals surface area contributed by atoms with Crippen LogP contribution in [0.3, 0.4) is 0 Å². The maximum atomic E-state index is 13.5. The number of hydrogen-bond donors (Lipinski definition) is 0. The van der Waals surface area contributed by atoms with Crippen LogP contribution in [0.4, 0.5) is 5.69 Å². The number of anilines is 1. The molecule has 0 spiro atoms. The molecule has 0 aliphatic carbocycles. The Bertz CT molecular complexity index is 1070. The van der Waals surface area contributed by atoms with Gasteiger partial charge in [-0.1, -0.05) is 55.0 Å². The molecule has 2 fully saturated rings. The van der Waals surface area contributed by atoms with Gasteiger partial charge in [0.1, 0.15) is 4.32 Å². The van der Waals surface area contributed by atoms with Crippen molar-refractivity contribution in [2.45, 2.75) is 39.2 Å². The maximum absolute atomic E-state index is 13.5. The fraction of sp³-hybridized carbons (Fsp3) is 0.409. The second-order valence-corrected chi connectivity index (χ2v) is 9.15. The molecule has 2 saturated heterocycles. The normalized spacial score (nSPS) is 19.4. The van der Waals surface area contributed by atoms with E-state index in [9.17, 15) is 9.59 Å². The number of thioether (sulfide) groups is 1. The number of pyridine rings is 1. The number of carbonyl (C=O) groups excluding carboxylic acids is 1. The summed E-state index contributed by atoms with van der Waals surface area (Å²) in [4.78, 5) is 30.5. The van der Waals surface area contributed by atoms with Gasteiger partial charge in [0.2, 0.25) is 0 Å². The van der Waals surface area contributed by atoms with Crippen LogP contribution in [-0.2, 0) is 11.3 Å². The van der Waals surface area contributed by atoms with Crippen molar-refractivity contribution in [1.29, 1.82) is 0 Å². The molecule has 0 bridgehead atoms. The highest BCUT2D eigenvalue weighted by molar-refractivity contribution is 8.26. The van der Waals surface area contributed by atoms with Gasteiger partial charge in [-0.05, 0) is 31.9 Å². The SMILES string of the molecule is CCn1c(=O)c(C=C2SC(=S)N(C)C2=O)c(N2CCCCCC2)c2ccccc21. The number of fused-ring (bicyclic) bond motifs is 1. The summed E-state index contributed by atoms with van der Waals surface area (Å²) < 4.78 is 2.32. The van der Waals surface area contributed by atoms with Crippen molar-refractivity contribution >= 4 is 56.9 Å². The van der Waals surface area contributed by atoms with E-state index < -0.39 is 0 Å². The predicted molar refractivity (Wildman–Crippen MR) is 125 cm³/mol. The van der Waals surface area contributed by atoms with Crippen LogP contribution in [-0.4, -0.2) is 39.8 Å². The third-order valence-electron chi connectivity index (χ3n) is 5.68. The van der Waals surface area contributed by atoms with Crippen molar-refractivity contribution in [2.75, 3.05) is 25.0 Å². The van der Waals surface area contributed by atoms with Gasteiger partial charge in [-0.2, -0.15) is 0 Å². The van der Waals surface area contributed by atoms with E-state index in [2.05, 4.69) is 11.0 Å². The average molecular weight is 428 g/mol. The Balaban J connectivity index is 2.00. The molecule has 0 unspecified atom stereocenters. The fourth-order valence-electron chi connectivity index (χ4n) is 4.17. The molecule has 4 rings (SSSR count). The largest absolute Gasteiger partial charge is 0.370 e. The zero-order valence-corrected chi connectivity index (χ0v) is 18.4. The Hall–Kier alpha value is -2.12. The van der Waals surface area contributed by atoms with Gasteiger partial charge in [-0.15, -0.1) is 0 Å². The minimum atomic E-state index is -0.141. The van der Waals surface area contributed by atoms with Crippen LogP contribution in [0.15, 0.2) is 34.0 Å². The summed E-state index contributed by atoms with van der Waals surface area (Å²) in [5.74, 6) is -0.141. The zero-order valence-electron chi connectivity index (χ0n) is 16.8. The highest BCUT2D eigenvalue weighted by Crippen LogP contribution is 2.36. The Morgan fingerprint density at radius 2 is 1.79 bits per heavy atom. The predicted octanol–water partition coefficient (Wildman–Crippen LogP) is 4.23. The molecule has 7 heteroatoms. The molecule has 5 nitrogen and oxygen atoms in total. The third-order valence-corrected chi connectivity index (χ3v) is 7.17. The fourth-order valence-corrected chi connectivity index (χ4v) is 5.33. The van der Waals surface area contributed by atoms with E-state index in [0.29, 0.717) is 21.3 Å². The van der Waals surface area contributed by atoms with Crippen molar-refractivity contribution in [3.8, 4) is 0 Å². The van der Waals surface area contributed by atoms with Gasteiger partial charge in [0.15, 0.2) is 0 Å². The number of aromatic nitrogens is 1. The molecular weight excluding hydrogens is 402 g/mol. The van der Waals surface area contributed by atoms with Crippen LogP contribution >= 0.6 is 24.0 Å². The van der Waals surface area contributed by atoms with Crippen molar-refractivity contribution in [2.24, 2.45) is 0 Å². The molecule has 1 aromatic heterocycles. The number of benzene rings is 1. The molecule has 152 valence electrons. The summed E-state index contributed by atoms with van der Waals surface area (Å²) in [7, 11) is 1.68. The summed E-state index contributed by atoms with van der Waals surface area (Å²) in [6, 6.07) is 8.09. The standard InChI is InChI=1S/C22H25N3O2S2/c1-3-25-17-11-7-6-10-15(17)19(24-12-8-4-5-9-13-24)16(20(25)26)14-18-21(27)23(2)22(28)29-18/h6-7,10-11,14H,3-5,8-9,12-13H2,1-2H3. The van der Waals surface area contributed by atoms with Crippen molar-refractivity contribution in [3.05, 3.63) is 45.1 Å². The number of amides is 1. The van der Waals surface area contributed by atoms with E-state index in [1.807, 2.05) is 25.1 Å². The highest BCUT2D eigenvalue weighted by Gasteiger charge is 2.30. The Kier molecular flexibility index (Phi) is 5.79. The van der Waals surface area contributed by atoms with Gasteiger partial charge in [-0.3, -0.25) is 14.5 Å². The van der Waals surface area contributed by atoms with E-state index in [1.54, 1.807) is 17.7 Å². The van der Waals surface area contributed by atoms with Crippen molar-refractivity contribution in [1.82, 2.24) is 9.47 Å². The first-order chi connectivity index (χ1) is 14.0. The lowest BCUT2D eigenvalue weighted by Gasteiger charge is -2.27. The second-order valence-electron chi connectivity index (χ2n) is 7.47. The smallest absolute Gasteiger partial charge is 0.265 e. The van der Waals surface area contributed by atoms with Gasteiger partial charge in [0.25, 0.3) is 11.5 Å². The lowest BCUT2D eigenvalue weighted by atomic mass is 10.1. The molecule has 29 heavy (non-hydrogen) atoms. The number of thiocarbonyl (C=S) groups is 1. The van der Waals surface area contributed by atoms with Gasteiger partial charge in [0, 0.05) is 32.1 Å². The van der Waals surface area contributed by atoms with E-state index in [1.165, 1.54) is 29.5 Å². The van der Waals surface area contributed by atoms with E-state index in [4.69, 9.17) is 12.2 Å². The average Bonchev–Trinajstić information content (AvgIpc) is 2.91. The first kappa shape index (κ1) is 20.2. The van der Waals surface area contributed by atoms with Gasteiger partial charge < -0.3 is 9.47 Å². The third kappa shape index (κ3) is 3.62. The van der Waals surface area contributed by atoms with Gasteiger partial charge in [-0.25, -0.2) is 0 Å². The van der Waals surface area contributed by atoms with Gasteiger partial charge >= 0.3 is 0 Å². The molecule has 0 N–H and O–H groups in total. The Morgan fingerprint density at radius 1 is 1.10 bits per heavy atom. The lowest BCUT2D eigenvalue weighted by Crippen LogP contribution is -2.31. The topological polar surface area (TPSA) is 45.6 Å². The minimum absolute atomic E-state index is 0.0492. The van der Waals surface area contributed by atoms with Crippen LogP contribution in [0.5, 0.6) is 0 Å². The zero-order chi connectivity index (χ0) is 20.5. The number of para-hydroxylation sites is 1. The molecule has 2 aliphatic heterocycles. The first-order valence-electron chi connectivity index (χ1n) is 10.1. The number of likely N-dealkylation sites (N-methyl/N-ethyl adjacent to an activating group) is 1. The second kappa shape index (κ2) is 8.32. The minimum Gasteiger partial charge on any atom is -0.370 e. The van der Waals surface area contributed by atoms with Crippen molar-refractivity contribution < 1.29 is 4.79 Å². The Labute approximate surface area is 180 Å². The first-order valence-corrected chi connectivity index (χ1v) is 11.4. The molecule has 1 aromatic carbocycles. The van der Waals surface area contributed by atoms with Crippen LogP contribution < -0.4 is 10.5 Å². The van der Waals surface area contributed by atoms with E-state index in [0.717, 1.165) is 42.5 Å². The monoisotopic (exact) mass is 427 g/mol. The molecule has 3 heterocycles. The molecule has 2 aromatic rings. The van der Waals surface area contributed by atoms with Crippen LogP contribution in [0, 0.1) is 0 Å². The van der Waals surface area contributed by atoms with E-state index >= 15 is 0 Å². The summed E-state index contributed by atoms with van der Waals surface area (Å²) in [6.07, 6.45) is 6.42. The summed E-state index contributed by atoms with van der Waals surface area (Å²) in [5, 5.41) is 1.06. The molecule has 0 saturated carbocycles. The van der Waals surface area contributed by atoms with Crippen LogP contribution in [0.2, 0.25) is 0 Å². The number of carbonyl (C=O) groups is 1. The lowest BCUT2D eigenvalue weighted by molar-refractivity contribution is -0.121. The van der Waals surface area contributed by atoms with E-state index in [-0.39, 0.29) is 11.5 Å².